The van der Waals surface area contributed by atoms with Gasteiger partial charge in [-0.3, -0.25) is 10.1 Å². The number of hydrogen-bond acceptors (Lipinski definition) is 9. The fourth-order valence-electron chi connectivity index (χ4n) is 3.91. The minimum Gasteiger partial charge on any atom is -0.412 e. The van der Waals surface area contributed by atoms with Crippen LogP contribution in [0.2, 0.25) is 18.1 Å². The Balaban J connectivity index is 1.61. The Labute approximate surface area is 194 Å². The number of morpholine rings is 1. The van der Waals surface area contributed by atoms with Crippen LogP contribution in [0.15, 0.2) is 6.07 Å². The second-order valence-electron chi connectivity index (χ2n) is 10.1. The molecule has 0 aliphatic carbocycles. The van der Waals surface area contributed by atoms with Crippen molar-refractivity contribution < 1.29 is 14.1 Å². The lowest BCUT2D eigenvalue weighted by molar-refractivity contribution is -0.384. The molecule has 4 heterocycles. The van der Waals surface area contributed by atoms with Crippen molar-refractivity contribution in [3.05, 3.63) is 16.2 Å². The standard InChI is InChI=1S/C21H33N5O4SSi/c1-21(2,3)32(4,5)30-15-7-6-8-25(14-15)19-16(26(27)28)13-17-18(22-19)23-20(31-17)24-9-11-29-12-10-24/h13,15H,6-12,14H2,1-5H3. The van der Waals surface area contributed by atoms with Crippen LogP contribution in [-0.2, 0) is 9.16 Å². The number of hydrogen-bond donors (Lipinski definition) is 0. The van der Waals surface area contributed by atoms with E-state index in [0.29, 0.717) is 31.2 Å². The summed E-state index contributed by atoms with van der Waals surface area (Å²) in [6, 6.07) is 1.64. The molecule has 0 amide bonds. The lowest BCUT2D eigenvalue weighted by atomic mass is 10.1. The number of thiazole rings is 1. The largest absolute Gasteiger partial charge is 0.412 e. The maximum absolute atomic E-state index is 11.9. The third-order valence-corrected chi connectivity index (χ3v) is 12.3. The Kier molecular flexibility index (Phi) is 6.45. The third kappa shape index (κ3) is 4.75. The number of nitro groups is 1. The lowest BCUT2D eigenvalue weighted by Crippen LogP contribution is -2.49. The fourth-order valence-corrected chi connectivity index (χ4v) is 6.28. The molecule has 2 aliphatic rings. The van der Waals surface area contributed by atoms with Crippen LogP contribution in [0.1, 0.15) is 33.6 Å². The molecule has 0 aromatic carbocycles. The first kappa shape index (κ1) is 23.3. The highest BCUT2D eigenvalue weighted by Crippen LogP contribution is 2.40. The van der Waals surface area contributed by atoms with Crippen LogP contribution < -0.4 is 9.80 Å². The van der Waals surface area contributed by atoms with Gasteiger partial charge in [-0.1, -0.05) is 32.1 Å². The van der Waals surface area contributed by atoms with Crippen LogP contribution >= 0.6 is 11.3 Å². The summed E-state index contributed by atoms with van der Waals surface area (Å²) in [6.07, 6.45) is 1.95. The molecule has 2 aromatic rings. The van der Waals surface area contributed by atoms with Gasteiger partial charge in [0.15, 0.2) is 19.1 Å². The van der Waals surface area contributed by atoms with Crippen molar-refractivity contribution in [3.63, 3.8) is 0 Å². The van der Waals surface area contributed by atoms with Gasteiger partial charge in [-0.2, -0.15) is 4.98 Å². The van der Waals surface area contributed by atoms with E-state index in [2.05, 4.69) is 38.8 Å². The molecular weight excluding hydrogens is 446 g/mol. The maximum atomic E-state index is 11.9. The summed E-state index contributed by atoms with van der Waals surface area (Å²) >= 11 is 1.46. The number of pyridine rings is 1. The van der Waals surface area contributed by atoms with Gasteiger partial charge in [0, 0.05) is 32.2 Å². The highest BCUT2D eigenvalue weighted by atomic mass is 32.1. The average Bonchev–Trinajstić information content (AvgIpc) is 3.15. The van der Waals surface area contributed by atoms with Crippen molar-refractivity contribution in [2.24, 2.45) is 0 Å². The number of aromatic nitrogens is 2. The van der Waals surface area contributed by atoms with Gasteiger partial charge in [-0.25, -0.2) is 4.98 Å². The zero-order chi connectivity index (χ0) is 23.1. The highest BCUT2D eigenvalue weighted by molar-refractivity contribution is 7.22. The molecule has 11 heteroatoms. The Bertz CT molecular complexity index is 986. The second-order valence-corrected chi connectivity index (χ2v) is 15.9. The van der Waals surface area contributed by atoms with E-state index in [1.807, 2.05) is 4.90 Å². The van der Waals surface area contributed by atoms with E-state index < -0.39 is 8.32 Å². The monoisotopic (exact) mass is 479 g/mol. The summed E-state index contributed by atoms with van der Waals surface area (Å²) in [5, 5.41) is 12.9. The Morgan fingerprint density at radius 1 is 1.22 bits per heavy atom. The molecule has 0 radical (unpaired) electrons. The minimum atomic E-state index is -1.93. The van der Waals surface area contributed by atoms with Crippen molar-refractivity contribution in [1.29, 1.82) is 0 Å². The number of anilines is 2. The molecule has 2 fully saturated rings. The Morgan fingerprint density at radius 3 is 2.59 bits per heavy atom. The number of nitrogens with zero attached hydrogens (tertiary/aromatic N) is 5. The molecule has 176 valence electrons. The van der Waals surface area contributed by atoms with Crippen LogP contribution in [-0.4, -0.2) is 68.7 Å². The number of rotatable bonds is 5. The first-order valence-electron chi connectivity index (χ1n) is 11.3. The molecule has 1 atom stereocenters. The minimum absolute atomic E-state index is 0.0441. The Hall–Kier alpha value is -1.82. The van der Waals surface area contributed by atoms with E-state index in [1.54, 1.807) is 6.07 Å². The number of ether oxygens (including phenoxy) is 1. The van der Waals surface area contributed by atoms with Gasteiger partial charge in [-0.05, 0) is 31.0 Å². The molecule has 2 aliphatic heterocycles. The van der Waals surface area contributed by atoms with E-state index >= 15 is 0 Å². The first-order valence-corrected chi connectivity index (χ1v) is 15.0. The summed E-state index contributed by atoms with van der Waals surface area (Å²) in [6.45, 7) is 15.4. The topological polar surface area (TPSA) is 93.9 Å². The smallest absolute Gasteiger partial charge is 0.313 e. The van der Waals surface area contributed by atoms with Gasteiger partial charge >= 0.3 is 5.69 Å². The number of piperidine rings is 1. The molecule has 0 spiro atoms. The zero-order valence-corrected chi connectivity index (χ0v) is 21.4. The molecule has 4 rings (SSSR count). The third-order valence-electron chi connectivity index (χ3n) is 6.76. The molecule has 0 saturated carbocycles. The van der Waals surface area contributed by atoms with Gasteiger partial charge in [0.05, 0.1) is 28.9 Å². The van der Waals surface area contributed by atoms with Crippen molar-refractivity contribution >= 4 is 46.6 Å². The van der Waals surface area contributed by atoms with E-state index in [1.165, 1.54) is 11.3 Å². The van der Waals surface area contributed by atoms with E-state index in [9.17, 15) is 10.1 Å². The second kappa shape index (κ2) is 8.84. The maximum Gasteiger partial charge on any atom is 0.313 e. The lowest BCUT2D eigenvalue weighted by Gasteiger charge is -2.42. The van der Waals surface area contributed by atoms with E-state index in [-0.39, 0.29) is 21.8 Å². The summed E-state index contributed by atoms with van der Waals surface area (Å²) in [5.74, 6) is 0.407. The van der Waals surface area contributed by atoms with Gasteiger partial charge in [0.2, 0.25) is 5.82 Å². The SMILES string of the molecule is CC(C)(C)[Si](C)(C)OC1CCCN(c2nc3nc(N4CCOCC4)sc3cc2[N+](=O)[O-])C1. The fraction of sp³-hybridized carbons (Fsp3) is 0.714. The molecule has 2 saturated heterocycles. The van der Waals surface area contributed by atoms with Crippen LogP contribution in [0.4, 0.5) is 16.6 Å². The Morgan fingerprint density at radius 2 is 1.94 bits per heavy atom. The first-order chi connectivity index (χ1) is 15.0. The summed E-state index contributed by atoms with van der Waals surface area (Å²) in [4.78, 5) is 25.2. The summed E-state index contributed by atoms with van der Waals surface area (Å²) in [5.41, 5.74) is 0.618. The van der Waals surface area contributed by atoms with Crippen LogP contribution in [0.5, 0.6) is 0 Å². The normalized spacial score (nSPS) is 20.7. The van der Waals surface area contributed by atoms with Gasteiger partial charge in [0.25, 0.3) is 0 Å². The van der Waals surface area contributed by atoms with Gasteiger partial charge in [-0.15, -0.1) is 0 Å². The van der Waals surface area contributed by atoms with Crippen molar-refractivity contribution in [2.75, 3.05) is 49.2 Å². The zero-order valence-electron chi connectivity index (χ0n) is 19.6. The molecule has 1 unspecified atom stereocenters. The highest BCUT2D eigenvalue weighted by Gasteiger charge is 2.40. The van der Waals surface area contributed by atoms with Gasteiger partial charge in [0.1, 0.15) is 0 Å². The molecule has 0 N–H and O–H groups in total. The summed E-state index contributed by atoms with van der Waals surface area (Å²) < 4.78 is 12.8. The van der Waals surface area contributed by atoms with Crippen molar-refractivity contribution in [2.45, 2.75) is 57.8 Å². The molecule has 9 nitrogen and oxygen atoms in total. The predicted molar refractivity (Wildman–Crippen MR) is 131 cm³/mol. The quantitative estimate of drug-likeness (QED) is 0.353. The van der Waals surface area contributed by atoms with Crippen LogP contribution in [0.3, 0.4) is 0 Å². The molecule has 32 heavy (non-hydrogen) atoms. The molecular formula is C21H33N5O4SSi. The van der Waals surface area contributed by atoms with E-state index in [0.717, 1.165) is 42.3 Å². The average molecular weight is 480 g/mol. The van der Waals surface area contributed by atoms with Crippen LogP contribution in [0.25, 0.3) is 10.3 Å². The summed E-state index contributed by atoms with van der Waals surface area (Å²) in [7, 11) is -1.93. The predicted octanol–water partition coefficient (Wildman–Crippen LogP) is 4.43. The molecule has 0 bridgehead atoms. The van der Waals surface area contributed by atoms with Crippen molar-refractivity contribution in [1.82, 2.24) is 9.97 Å². The molecule has 2 aromatic heterocycles. The van der Waals surface area contributed by atoms with Crippen molar-refractivity contribution in [3.8, 4) is 0 Å². The van der Waals surface area contributed by atoms with E-state index in [4.69, 9.17) is 19.1 Å². The van der Waals surface area contributed by atoms with Crippen LogP contribution in [0, 0.1) is 10.1 Å². The number of fused-ring (bicyclic) bond motifs is 1. The van der Waals surface area contributed by atoms with Gasteiger partial charge < -0.3 is 19.0 Å².